The largest absolute Gasteiger partial charge is 0.438 e. The van der Waals surface area contributed by atoms with Gasteiger partial charge < -0.3 is 5.11 Å². The van der Waals surface area contributed by atoms with Crippen molar-refractivity contribution >= 4 is 23.2 Å². The lowest BCUT2D eigenvalue weighted by atomic mass is 10.1. The molecule has 19 heavy (non-hydrogen) atoms. The number of halogens is 4. The molecule has 1 aromatic rings. The Bertz CT molecular complexity index is 556. The number of nitrogens with zero attached hydrogens (tertiary/aromatic N) is 3. The maximum absolute atomic E-state index is 12.9. The first-order valence-electron chi connectivity index (χ1n) is 5.03. The Morgan fingerprint density at radius 3 is 2.74 bits per heavy atom. The van der Waals surface area contributed by atoms with Crippen molar-refractivity contribution < 1.29 is 23.1 Å². The minimum absolute atomic E-state index is 0.0242. The van der Waals surface area contributed by atoms with Crippen LogP contribution in [0, 0.1) is 0 Å². The van der Waals surface area contributed by atoms with Crippen molar-refractivity contribution in [2.75, 3.05) is 0 Å². The van der Waals surface area contributed by atoms with Gasteiger partial charge in [0.2, 0.25) is 0 Å². The first-order chi connectivity index (χ1) is 8.67. The predicted octanol–water partition coefficient (Wildman–Crippen LogP) is 1.54. The summed E-state index contributed by atoms with van der Waals surface area (Å²) < 4.78 is 38.7. The lowest BCUT2D eigenvalue weighted by Gasteiger charge is -2.32. The number of H-pyrrole nitrogens is 1. The molecule has 1 amide bonds. The molecule has 0 saturated heterocycles. The van der Waals surface area contributed by atoms with Crippen molar-refractivity contribution in [3.05, 3.63) is 16.9 Å². The Balaban J connectivity index is 2.42. The zero-order valence-electron chi connectivity index (χ0n) is 9.49. The van der Waals surface area contributed by atoms with Gasteiger partial charge in [0.15, 0.2) is 0 Å². The summed E-state index contributed by atoms with van der Waals surface area (Å²) in [7, 11) is 0. The molecule has 0 aromatic carbocycles. The van der Waals surface area contributed by atoms with E-state index in [1.807, 2.05) is 0 Å². The number of nitrogens with one attached hydrogen (secondary N) is 1. The third-order valence-electron chi connectivity index (χ3n) is 2.58. The van der Waals surface area contributed by atoms with Crippen molar-refractivity contribution in [1.29, 1.82) is 0 Å². The standard InChI is InChI=1S/C9H8ClF3N4O2/c1-4-2-8(19,9(11,12)13)17(16-4)7(18)6-5(10)3-14-15-6/h3,19H,2H2,1H3,(H,14,15)/t8-/m1/s1. The van der Waals surface area contributed by atoms with E-state index in [1.54, 1.807) is 0 Å². The second-order valence-electron chi connectivity index (χ2n) is 4.04. The van der Waals surface area contributed by atoms with Crippen LogP contribution in [-0.4, -0.2) is 43.8 Å². The van der Waals surface area contributed by atoms with Crippen LogP contribution < -0.4 is 0 Å². The van der Waals surface area contributed by atoms with Crippen LogP contribution in [0.4, 0.5) is 13.2 Å². The van der Waals surface area contributed by atoms with Gasteiger partial charge in [0.1, 0.15) is 5.69 Å². The van der Waals surface area contributed by atoms with Crippen molar-refractivity contribution in [3.63, 3.8) is 0 Å². The van der Waals surface area contributed by atoms with E-state index in [2.05, 4.69) is 15.3 Å². The maximum Gasteiger partial charge on any atom is 0.438 e. The smallest absolute Gasteiger partial charge is 0.362 e. The molecule has 2 heterocycles. The summed E-state index contributed by atoms with van der Waals surface area (Å²) >= 11 is 5.60. The number of alkyl halides is 3. The highest BCUT2D eigenvalue weighted by Crippen LogP contribution is 2.41. The van der Waals surface area contributed by atoms with Crippen LogP contribution in [0.15, 0.2) is 11.3 Å². The van der Waals surface area contributed by atoms with Gasteiger partial charge in [0.05, 0.1) is 11.2 Å². The molecule has 10 heteroatoms. The Morgan fingerprint density at radius 1 is 1.63 bits per heavy atom. The average Bonchev–Trinajstić information content (AvgIpc) is 2.81. The Hall–Kier alpha value is -1.61. The minimum Gasteiger partial charge on any atom is -0.362 e. The highest BCUT2D eigenvalue weighted by Gasteiger charge is 2.63. The molecule has 6 nitrogen and oxygen atoms in total. The lowest BCUT2D eigenvalue weighted by molar-refractivity contribution is -0.297. The quantitative estimate of drug-likeness (QED) is 0.824. The topological polar surface area (TPSA) is 81.6 Å². The van der Waals surface area contributed by atoms with Gasteiger partial charge in [-0.25, -0.2) is 0 Å². The number of aromatic nitrogens is 2. The van der Waals surface area contributed by atoms with Gasteiger partial charge in [-0.05, 0) is 6.92 Å². The van der Waals surface area contributed by atoms with E-state index in [0.717, 1.165) is 6.20 Å². The van der Waals surface area contributed by atoms with Crippen molar-refractivity contribution in [1.82, 2.24) is 15.2 Å². The van der Waals surface area contributed by atoms with E-state index in [1.165, 1.54) is 6.92 Å². The Kier molecular flexibility index (Phi) is 3.06. The predicted molar refractivity (Wildman–Crippen MR) is 58.5 cm³/mol. The number of hydrazone groups is 1. The van der Waals surface area contributed by atoms with E-state index < -0.39 is 24.2 Å². The number of aliphatic hydroxyl groups is 1. The van der Waals surface area contributed by atoms with E-state index in [0.29, 0.717) is 0 Å². The van der Waals surface area contributed by atoms with E-state index in [4.69, 9.17) is 11.6 Å². The highest BCUT2D eigenvalue weighted by atomic mass is 35.5. The minimum atomic E-state index is -5.05. The molecule has 1 aliphatic heterocycles. The molecule has 0 aliphatic carbocycles. The van der Waals surface area contributed by atoms with E-state index >= 15 is 0 Å². The van der Waals surface area contributed by atoms with Crippen molar-refractivity contribution in [2.45, 2.75) is 25.2 Å². The van der Waals surface area contributed by atoms with Gasteiger partial charge in [-0.2, -0.15) is 28.4 Å². The van der Waals surface area contributed by atoms with Gasteiger partial charge in [-0.15, -0.1) is 0 Å². The summed E-state index contributed by atoms with van der Waals surface area (Å²) in [5.74, 6) is -1.21. The third kappa shape index (κ3) is 2.08. The molecule has 1 atom stereocenters. The lowest BCUT2D eigenvalue weighted by Crippen LogP contribution is -2.56. The van der Waals surface area contributed by atoms with Crippen LogP contribution in [0.25, 0.3) is 0 Å². The maximum atomic E-state index is 12.9. The molecular weight excluding hydrogens is 289 g/mol. The number of amides is 1. The van der Waals surface area contributed by atoms with E-state index in [-0.39, 0.29) is 21.4 Å². The molecule has 0 spiro atoms. The van der Waals surface area contributed by atoms with Crippen LogP contribution >= 0.6 is 11.6 Å². The average molecular weight is 297 g/mol. The van der Waals surface area contributed by atoms with Crippen LogP contribution in [0.2, 0.25) is 5.02 Å². The number of aromatic amines is 1. The molecule has 104 valence electrons. The monoisotopic (exact) mass is 296 g/mol. The Labute approximate surface area is 109 Å². The van der Waals surface area contributed by atoms with Crippen molar-refractivity contribution in [3.8, 4) is 0 Å². The number of carbonyl (C=O) groups is 1. The van der Waals surface area contributed by atoms with Crippen LogP contribution in [-0.2, 0) is 0 Å². The Morgan fingerprint density at radius 2 is 2.26 bits per heavy atom. The zero-order chi connectivity index (χ0) is 14.4. The van der Waals surface area contributed by atoms with Gasteiger partial charge >= 0.3 is 6.18 Å². The van der Waals surface area contributed by atoms with Gasteiger partial charge in [-0.1, -0.05) is 11.6 Å². The summed E-state index contributed by atoms with van der Waals surface area (Å²) in [5.41, 5.74) is -3.77. The zero-order valence-corrected chi connectivity index (χ0v) is 10.2. The van der Waals surface area contributed by atoms with Crippen LogP contribution in [0.5, 0.6) is 0 Å². The fourth-order valence-corrected chi connectivity index (χ4v) is 1.85. The van der Waals surface area contributed by atoms with Gasteiger partial charge in [0.25, 0.3) is 11.6 Å². The molecular formula is C9H8ClF3N4O2. The third-order valence-corrected chi connectivity index (χ3v) is 2.86. The number of carbonyl (C=O) groups excluding carboxylic acids is 1. The highest BCUT2D eigenvalue weighted by molar-refractivity contribution is 6.33. The molecule has 0 bridgehead atoms. The molecule has 0 radical (unpaired) electrons. The molecule has 0 unspecified atom stereocenters. The molecule has 2 rings (SSSR count). The molecule has 2 N–H and O–H groups in total. The first-order valence-corrected chi connectivity index (χ1v) is 5.41. The summed E-state index contributed by atoms with van der Waals surface area (Å²) in [6.45, 7) is 1.28. The number of hydrogen-bond donors (Lipinski definition) is 2. The summed E-state index contributed by atoms with van der Waals surface area (Å²) in [6.07, 6.45) is -4.79. The van der Waals surface area contributed by atoms with E-state index in [9.17, 15) is 23.1 Å². The van der Waals surface area contributed by atoms with Gasteiger partial charge in [0, 0.05) is 12.1 Å². The van der Waals surface area contributed by atoms with Crippen LogP contribution in [0.1, 0.15) is 23.8 Å². The molecule has 1 aromatic heterocycles. The molecule has 0 fully saturated rings. The first kappa shape index (κ1) is 13.8. The summed E-state index contributed by atoms with van der Waals surface area (Å²) in [6, 6.07) is 0. The fourth-order valence-electron chi connectivity index (χ4n) is 1.68. The van der Waals surface area contributed by atoms with Gasteiger partial charge in [-0.3, -0.25) is 9.89 Å². The van der Waals surface area contributed by atoms with Crippen LogP contribution in [0.3, 0.4) is 0 Å². The normalized spacial score (nSPS) is 23.7. The second-order valence-corrected chi connectivity index (χ2v) is 4.44. The second kappa shape index (κ2) is 4.20. The molecule has 1 aliphatic rings. The fraction of sp³-hybridized carbons (Fsp3) is 0.444. The molecule has 0 saturated carbocycles. The number of rotatable bonds is 1. The summed E-state index contributed by atoms with van der Waals surface area (Å²) in [5, 5.41) is 18.5. The SMILES string of the molecule is CC1=NN(C(=O)c2[nH]ncc2Cl)[C@](O)(C(F)(F)F)C1. The van der Waals surface area contributed by atoms with Crippen molar-refractivity contribution in [2.24, 2.45) is 5.10 Å². The number of hydrogen-bond acceptors (Lipinski definition) is 4. The summed E-state index contributed by atoms with van der Waals surface area (Å²) in [4.78, 5) is 11.9.